The third-order valence-electron chi connectivity index (χ3n) is 4.29. The van der Waals surface area contributed by atoms with Crippen LogP contribution in [0.5, 0.6) is 0 Å². The quantitative estimate of drug-likeness (QED) is 0.585. The zero-order valence-electron chi connectivity index (χ0n) is 10.5. The highest BCUT2D eigenvalue weighted by Crippen LogP contribution is 2.58. The molecule has 0 N–H and O–H groups in total. The van der Waals surface area contributed by atoms with Crippen molar-refractivity contribution in [1.82, 2.24) is 0 Å². The minimum absolute atomic E-state index is 0.865. The van der Waals surface area contributed by atoms with Crippen molar-refractivity contribution in [3.8, 4) is 0 Å². The van der Waals surface area contributed by atoms with Gasteiger partial charge in [0, 0.05) is 5.92 Å². The molecule has 2 aliphatic carbocycles. The smallest absolute Gasteiger partial charge is 0.00599 e. The minimum Gasteiger partial charge on any atom is -0.0958 e. The van der Waals surface area contributed by atoms with Gasteiger partial charge in [0.1, 0.15) is 0 Å². The zero-order chi connectivity index (χ0) is 11.2. The normalized spacial score (nSPS) is 30.1. The van der Waals surface area contributed by atoms with E-state index in [2.05, 4.69) is 34.3 Å². The molecule has 0 aliphatic heterocycles. The first-order valence-electron chi connectivity index (χ1n) is 6.15. The van der Waals surface area contributed by atoms with Gasteiger partial charge in [-0.3, -0.25) is 0 Å². The zero-order valence-corrected chi connectivity index (χ0v) is 10.5. The van der Waals surface area contributed by atoms with Crippen LogP contribution in [0.4, 0.5) is 0 Å². The highest BCUT2D eigenvalue weighted by molar-refractivity contribution is 5.59. The van der Waals surface area contributed by atoms with Crippen molar-refractivity contribution in [3.05, 3.63) is 34.4 Å². The molecule has 2 rings (SSSR count). The maximum atomic E-state index is 4.04. The first-order valence-corrected chi connectivity index (χ1v) is 6.15. The predicted octanol–water partition coefficient (Wildman–Crippen LogP) is 4.65. The highest BCUT2D eigenvalue weighted by atomic mass is 14.5. The van der Waals surface area contributed by atoms with Gasteiger partial charge < -0.3 is 0 Å². The fourth-order valence-corrected chi connectivity index (χ4v) is 3.04. The van der Waals surface area contributed by atoms with Gasteiger partial charge in [0.15, 0.2) is 0 Å². The van der Waals surface area contributed by atoms with Crippen molar-refractivity contribution < 1.29 is 0 Å². The van der Waals surface area contributed by atoms with E-state index in [4.69, 9.17) is 0 Å². The molecule has 82 valence electrons. The molecule has 0 heteroatoms. The van der Waals surface area contributed by atoms with E-state index in [0.717, 1.165) is 11.8 Å². The van der Waals surface area contributed by atoms with E-state index < -0.39 is 0 Å². The summed E-state index contributed by atoms with van der Waals surface area (Å²) >= 11 is 0. The summed E-state index contributed by atoms with van der Waals surface area (Å²) < 4.78 is 0. The molecule has 1 fully saturated rings. The van der Waals surface area contributed by atoms with Crippen molar-refractivity contribution >= 4 is 0 Å². The van der Waals surface area contributed by atoms with E-state index in [-0.39, 0.29) is 0 Å². The van der Waals surface area contributed by atoms with Crippen LogP contribution < -0.4 is 0 Å². The Morgan fingerprint density at radius 1 is 1.27 bits per heavy atom. The average molecular weight is 202 g/mol. The number of allylic oxidation sites excluding steroid dienone is 5. The van der Waals surface area contributed by atoms with E-state index >= 15 is 0 Å². The Morgan fingerprint density at radius 2 is 1.93 bits per heavy atom. The molecule has 0 amide bonds. The third kappa shape index (κ3) is 1.60. The Bertz CT molecular complexity index is 365. The molecule has 1 saturated carbocycles. The molecule has 0 bridgehead atoms. The maximum absolute atomic E-state index is 4.04. The summed E-state index contributed by atoms with van der Waals surface area (Å²) in [6, 6.07) is 0. The van der Waals surface area contributed by atoms with Crippen LogP contribution >= 0.6 is 0 Å². The van der Waals surface area contributed by atoms with Crippen molar-refractivity contribution in [3.63, 3.8) is 0 Å². The first kappa shape index (κ1) is 10.7. The van der Waals surface area contributed by atoms with Crippen LogP contribution in [-0.4, -0.2) is 0 Å². The molecular formula is C15H22. The molecule has 2 unspecified atom stereocenters. The number of hydrogen-bond donors (Lipinski definition) is 0. The van der Waals surface area contributed by atoms with E-state index in [1.54, 1.807) is 11.1 Å². The van der Waals surface area contributed by atoms with Crippen LogP contribution in [0.25, 0.3) is 0 Å². The third-order valence-corrected chi connectivity index (χ3v) is 4.29. The second-order valence-electron chi connectivity index (χ2n) is 5.13. The summed E-state index contributed by atoms with van der Waals surface area (Å²) in [4.78, 5) is 0. The SMILES string of the molecule is C=C(C)C(C)=C(C)C1=C2C(CC)CCC12. The summed E-state index contributed by atoms with van der Waals surface area (Å²) in [5, 5.41) is 0. The topological polar surface area (TPSA) is 0 Å². The Hall–Kier alpha value is -0.780. The Morgan fingerprint density at radius 3 is 2.47 bits per heavy atom. The van der Waals surface area contributed by atoms with Crippen LogP contribution in [0, 0.1) is 11.8 Å². The van der Waals surface area contributed by atoms with Gasteiger partial charge in [0.25, 0.3) is 0 Å². The number of hydrogen-bond acceptors (Lipinski definition) is 0. The van der Waals surface area contributed by atoms with Crippen molar-refractivity contribution in [2.75, 3.05) is 0 Å². The lowest BCUT2D eigenvalue weighted by Crippen LogP contribution is -1.92. The number of fused-ring (bicyclic) bond motifs is 1. The standard InChI is InChI=1S/C15H22/c1-6-12-7-8-13-14(15(12)13)11(5)10(4)9(2)3/h12-13H,2,6-8H2,1,3-5H3. The van der Waals surface area contributed by atoms with Gasteiger partial charge >= 0.3 is 0 Å². The van der Waals surface area contributed by atoms with Crippen LogP contribution in [0.3, 0.4) is 0 Å². The predicted molar refractivity (Wildman–Crippen MR) is 66.7 cm³/mol. The fraction of sp³-hybridized carbons (Fsp3) is 0.600. The van der Waals surface area contributed by atoms with Crippen molar-refractivity contribution in [2.45, 2.75) is 47.0 Å². The fourth-order valence-electron chi connectivity index (χ4n) is 3.04. The van der Waals surface area contributed by atoms with E-state index in [0.29, 0.717) is 0 Å². The summed E-state index contributed by atoms with van der Waals surface area (Å²) in [5.41, 5.74) is 7.62. The second kappa shape index (κ2) is 3.66. The first-order chi connectivity index (χ1) is 7.07. The lowest BCUT2D eigenvalue weighted by Gasteiger charge is -2.08. The maximum Gasteiger partial charge on any atom is 0.00599 e. The molecule has 0 aromatic rings. The molecule has 2 atom stereocenters. The summed E-state index contributed by atoms with van der Waals surface area (Å²) in [6.07, 6.45) is 4.16. The largest absolute Gasteiger partial charge is 0.0958 e. The van der Waals surface area contributed by atoms with Gasteiger partial charge in [-0.2, -0.15) is 0 Å². The van der Waals surface area contributed by atoms with Gasteiger partial charge in [0.05, 0.1) is 0 Å². The van der Waals surface area contributed by atoms with Gasteiger partial charge in [-0.25, -0.2) is 0 Å². The van der Waals surface area contributed by atoms with Gasteiger partial charge in [-0.15, -0.1) is 0 Å². The molecule has 0 spiro atoms. The molecule has 2 aliphatic rings. The van der Waals surface area contributed by atoms with Crippen LogP contribution in [0.1, 0.15) is 47.0 Å². The molecule has 0 nitrogen and oxygen atoms in total. The van der Waals surface area contributed by atoms with Crippen molar-refractivity contribution in [1.29, 1.82) is 0 Å². The van der Waals surface area contributed by atoms with Gasteiger partial charge in [-0.1, -0.05) is 24.6 Å². The van der Waals surface area contributed by atoms with Crippen LogP contribution in [-0.2, 0) is 0 Å². The molecule has 0 heterocycles. The monoisotopic (exact) mass is 202 g/mol. The van der Waals surface area contributed by atoms with Gasteiger partial charge in [0.2, 0.25) is 0 Å². The summed E-state index contributed by atoms with van der Waals surface area (Å²) in [5.74, 6) is 1.77. The lowest BCUT2D eigenvalue weighted by atomic mass is 9.97. The van der Waals surface area contributed by atoms with Crippen molar-refractivity contribution in [2.24, 2.45) is 11.8 Å². The minimum atomic E-state index is 0.865. The molecule has 0 radical (unpaired) electrons. The van der Waals surface area contributed by atoms with Gasteiger partial charge in [-0.05, 0) is 62.7 Å². The van der Waals surface area contributed by atoms with Crippen LogP contribution in [0.15, 0.2) is 34.4 Å². The second-order valence-corrected chi connectivity index (χ2v) is 5.13. The Labute approximate surface area is 93.8 Å². The Kier molecular flexibility index (Phi) is 2.62. The molecule has 15 heavy (non-hydrogen) atoms. The summed E-state index contributed by atoms with van der Waals surface area (Å²) in [7, 11) is 0. The van der Waals surface area contributed by atoms with E-state index in [1.165, 1.54) is 36.0 Å². The highest BCUT2D eigenvalue weighted by Gasteiger charge is 2.45. The molecular weight excluding hydrogens is 180 g/mol. The van der Waals surface area contributed by atoms with E-state index in [9.17, 15) is 0 Å². The number of rotatable bonds is 3. The lowest BCUT2D eigenvalue weighted by molar-refractivity contribution is 0.595. The Balaban J connectivity index is 2.25. The molecule has 0 aromatic heterocycles. The van der Waals surface area contributed by atoms with Crippen LogP contribution in [0.2, 0.25) is 0 Å². The van der Waals surface area contributed by atoms with E-state index in [1.807, 2.05) is 0 Å². The molecule has 0 aromatic carbocycles. The molecule has 0 saturated heterocycles. The average Bonchev–Trinajstić information content (AvgIpc) is 2.78. The summed E-state index contributed by atoms with van der Waals surface area (Å²) in [6.45, 7) is 13.0.